The number of halogens is 3. The molecule has 0 heterocycles. The van der Waals surface area contributed by atoms with Crippen molar-refractivity contribution < 1.29 is 32.6 Å². The topological polar surface area (TPSA) is 75.6 Å². The fraction of sp³-hybridized carbons (Fsp3) is 0.385. The predicted molar refractivity (Wildman–Crippen MR) is 66.1 cm³/mol. The summed E-state index contributed by atoms with van der Waals surface area (Å²) in [5, 5.41) is 10.9. The number of hydrogen-bond donors (Lipinski definition) is 2. The molecule has 0 aliphatic heterocycles. The van der Waals surface area contributed by atoms with Crippen LogP contribution in [-0.4, -0.2) is 22.8 Å². The zero-order valence-corrected chi connectivity index (χ0v) is 11.5. The molecule has 0 saturated heterocycles. The molecule has 1 rings (SSSR count). The Hall–Kier alpha value is -2.25. The molecule has 0 aliphatic rings. The molecule has 0 saturated carbocycles. The van der Waals surface area contributed by atoms with Crippen molar-refractivity contribution in [1.82, 2.24) is 5.32 Å². The first kappa shape index (κ1) is 16.8. The highest BCUT2D eigenvalue weighted by molar-refractivity contribution is 5.81. The van der Waals surface area contributed by atoms with Gasteiger partial charge in [0.2, 0.25) is 0 Å². The van der Waals surface area contributed by atoms with Crippen LogP contribution in [0.4, 0.5) is 18.0 Å². The van der Waals surface area contributed by atoms with Crippen molar-refractivity contribution in [1.29, 1.82) is 0 Å². The molecule has 0 radical (unpaired) electrons. The molecule has 0 bridgehead atoms. The van der Waals surface area contributed by atoms with Crippen molar-refractivity contribution in [2.24, 2.45) is 0 Å². The van der Waals surface area contributed by atoms with Crippen LogP contribution in [0.5, 0.6) is 0 Å². The highest BCUT2D eigenvalue weighted by atomic mass is 19.2. The lowest BCUT2D eigenvalue weighted by molar-refractivity contribution is -0.139. The zero-order valence-electron chi connectivity index (χ0n) is 11.5. The van der Waals surface area contributed by atoms with Gasteiger partial charge < -0.3 is 15.2 Å². The highest BCUT2D eigenvalue weighted by Crippen LogP contribution is 2.21. The Morgan fingerprint density at radius 2 is 1.67 bits per heavy atom. The maximum absolute atomic E-state index is 13.6. The molecule has 1 aromatic carbocycles. The number of ether oxygens (including phenoxy) is 1. The third kappa shape index (κ3) is 4.66. The summed E-state index contributed by atoms with van der Waals surface area (Å²) >= 11 is 0. The van der Waals surface area contributed by atoms with Crippen LogP contribution in [0.25, 0.3) is 0 Å². The quantitative estimate of drug-likeness (QED) is 0.842. The van der Waals surface area contributed by atoms with Gasteiger partial charge in [0.05, 0.1) is 0 Å². The second-order valence-electron chi connectivity index (χ2n) is 5.21. The minimum atomic E-state index is -1.91. The van der Waals surface area contributed by atoms with E-state index >= 15 is 0 Å². The van der Waals surface area contributed by atoms with Gasteiger partial charge in [0.25, 0.3) is 0 Å². The lowest BCUT2D eigenvalue weighted by Gasteiger charge is -2.22. The first-order valence-electron chi connectivity index (χ1n) is 5.88. The van der Waals surface area contributed by atoms with E-state index in [1.54, 1.807) is 20.8 Å². The Balaban J connectivity index is 3.06. The molecule has 1 aromatic rings. The zero-order chi connectivity index (χ0) is 16.4. The first-order valence-corrected chi connectivity index (χ1v) is 5.88. The first-order chi connectivity index (χ1) is 9.51. The molecule has 8 heteroatoms. The van der Waals surface area contributed by atoms with Crippen LogP contribution < -0.4 is 5.32 Å². The van der Waals surface area contributed by atoms with Crippen molar-refractivity contribution in [2.75, 3.05) is 0 Å². The third-order valence-electron chi connectivity index (χ3n) is 2.26. The van der Waals surface area contributed by atoms with Gasteiger partial charge in [0.1, 0.15) is 11.4 Å². The monoisotopic (exact) mass is 305 g/mol. The number of carbonyl (C=O) groups is 2. The lowest BCUT2D eigenvalue weighted by atomic mass is 10.1. The number of nitrogens with one attached hydrogen (secondary N) is 1. The molecule has 116 valence electrons. The van der Waals surface area contributed by atoms with E-state index in [9.17, 15) is 22.8 Å². The van der Waals surface area contributed by atoms with Gasteiger partial charge >= 0.3 is 12.1 Å². The average molecular weight is 305 g/mol. The van der Waals surface area contributed by atoms with Crippen LogP contribution >= 0.6 is 0 Å². The number of alkyl carbamates (subject to hydrolysis) is 1. The highest BCUT2D eigenvalue weighted by Gasteiger charge is 2.28. The van der Waals surface area contributed by atoms with Crippen LogP contribution in [-0.2, 0) is 9.53 Å². The number of amides is 1. The molecule has 1 amide bonds. The Morgan fingerprint density at radius 3 is 2.14 bits per heavy atom. The molecule has 0 aliphatic carbocycles. The van der Waals surface area contributed by atoms with Gasteiger partial charge in [-0.3, -0.25) is 0 Å². The molecule has 21 heavy (non-hydrogen) atoms. The van der Waals surface area contributed by atoms with E-state index in [1.807, 2.05) is 5.32 Å². The molecule has 0 fully saturated rings. The molecular formula is C13H14F3NO4. The number of rotatable bonds is 3. The maximum atomic E-state index is 13.6. The van der Waals surface area contributed by atoms with E-state index < -0.39 is 46.7 Å². The van der Waals surface area contributed by atoms with E-state index in [1.165, 1.54) is 0 Å². The largest absolute Gasteiger partial charge is 0.479 e. The Morgan fingerprint density at radius 1 is 1.14 bits per heavy atom. The summed E-state index contributed by atoms with van der Waals surface area (Å²) in [4.78, 5) is 22.6. The maximum Gasteiger partial charge on any atom is 0.408 e. The van der Waals surface area contributed by atoms with E-state index in [2.05, 4.69) is 0 Å². The number of carbonyl (C=O) groups excluding carboxylic acids is 1. The standard InChI is InChI=1S/C13H14F3NO4/c1-13(2,3)21-12(20)17-10(11(18)19)6-4-8(15)9(16)5-7(6)14/h4-5,10H,1-3H3,(H,17,20)(H,18,19). The van der Waals surface area contributed by atoms with Gasteiger partial charge in [0.15, 0.2) is 17.7 Å². The molecule has 0 aromatic heterocycles. The Kier molecular flexibility index (Phi) is 4.82. The molecule has 5 nitrogen and oxygen atoms in total. The van der Waals surface area contributed by atoms with E-state index in [0.29, 0.717) is 6.07 Å². The minimum absolute atomic E-state index is 0.206. The fourth-order valence-corrected chi connectivity index (χ4v) is 1.46. The average Bonchev–Trinajstić information content (AvgIpc) is 2.28. The molecule has 2 N–H and O–H groups in total. The van der Waals surface area contributed by atoms with Gasteiger partial charge in [-0.25, -0.2) is 22.8 Å². The van der Waals surface area contributed by atoms with Crippen molar-refractivity contribution in [2.45, 2.75) is 32.4 Å². The normalized spacial score (nSPS) is 12.7. The van der Waals surface area contributed by atoms with Gasteiger partial charge in [-0.1, -0.05) is 0 Å². The number of hydrogen-bond acceptors (Lipinski definition) is 3. The van der Waals surface area contributed by atoms with Crippen LogP contribution in [0.2, 0.25) is 0 Å². The second-order valence-corrected chi connectivity index (χ2v) is 5.21. The Bertz CT molecular complexity index is 569. The van der Waals surface area contributed by atoms with E-state index in [-0.39, 0.29) is 6.07 Å². The van der Waals surface area contributed by atoms with Crippen molar-refractivity contribution in [3.8, 4) is 0 Å². The van der Waals surface area contributed by atoms with Crippen LogP contribution in [0.15, 0.2) is 12.1 Å². The van der Waals surface area contributed by atoms with Gasteiger partial charge in [-0.15, -0.1) is 0 Å². The smallest absolute Gasteiger partial charge is 0.408 e. The predicted octanol–water partition coefficient (Wildman–Crippen LogP) is 2.75. The SMILES string of the molecule is CC(C)(C)OC(=O)NC(C(=O)O)c1cc(F)c(F)cc1F. The van der Waals surface area contributed by atoms with Gasteiger partial charge in [0, 0.05) is 11.6 Å². The Labute approximate surface area is 118 Å². The van der Waals surface area contributed by atoms with Crippen LogP contribution in [0.1, 0.15) is 32.4 Å². The van der Waals surface area contributed by atoms with Gasteiger partial charge in [-0.05, 0) is 26.8 Å². The molecule has 0 spiro atoms. The van der Waals surface area contributed by atoms with E-state index in [0.717, 1.165) is 0 Å². The summed E-state index contributed by atoms with van der Waals surface area (Å²) in [6.07, 6.45) is -1.13. The summed E-state index contributed by atoms with van der Waals surface area (Å²) in [5.74, 6) is -5.83. The van der Waals surface area contributed by atoms with Crippen LogP contribution in [0.3, 0.4) is 0 Å². The molecule has 1 unspecified atom stereocenters. The second kappa shape index (κ2) is 6.02. The fourth-order valence-electron chi connectivity index (χ4n) is 1.46. The lowest BCUT2D eigenvalue weighted by Crippen LogP contribution is -2.38. The summed E-state index contributed by atoms with van der Waals surface area (Å²) in [5.41, 5.74) is -1.62. The molecule has 1 atom stereocenters. The summed E-state index contributed by atoms with van der Waals surface area (Å²) in [7, 11) is 0. The summed E-state index contributed by atoms with van der Waals surface area (Å²) < 4.78 is 44.3. The summed E-state index contributed by atoms with van der Waals surface area (Å²) in [6.45, 7) is 4.63. The number of carboxylic acids is 1. The summed E-state index contributed by atoms with van der Waals surface area (Å²) in [6, 6.07) is -1.33. The number of aliphatic carboxylic acids is 1. The van der Waals surface area contributed by atoms with Crippen molar-refractivity contribution in [3.63, 3.8) is 0 Å². The van der Waals surface area contributed by atoms with Crippen LogP contribution in [0, 0.1) is 17.5 Å². The van der Waals surface area contributed by atoms with Crippen molar-refractivity contribution >= 4 is 12.1 Å². The third-order valence-corrected chi connectivity index (χ3v) is 2.26. The minimum Gasteiger partial charge on any atom is -0.479 e. The number of carboxylic acid groups (broad SMARTS) is 1. The van der Waals surface area contributed by atoms with Crippen molar-refractivity contribution in [3.05, 3.63) is 35.1 Å². The number of benzene rings is 1. The van der Waals surface area contributed by atoms with E-state index in [4.69, 9.17) is 9.84 Å². The molecular weight excluding hydrogens is 291 g/mol. The van der Waals surface area contributed by atoms with Gasteiger partial charge in [-0.2, -0.15) is 0 Å².